The summed E-state index contributed by atoms with van der Waals surface area (Å²) in [5.41, 5.74) is 5.54. The highest BCUT2D eigenvalue weighted by molar-refractivity contribution is 9.10. The predicted molar refractivity (Wildman–Crippen MR) is 65.2 cm³/mol. The lowest BCUT2D eigenvalue weighted by atomic mass is 9.64. The van der Waals surface area contributed by atoms with Crippen molar-refractivity contribution in [1.82, 2.24) is 0 Å². The van der Waals surface area contributed by atoms with E-state index in [4.69, 9.17) is 10.5 Å². The molecule has 0 aromatic heterocycles. The molecule has 1 aromatic rings. The molecule has 0 unspecified atom stereocenters. The molecular formula is C12H14BrF2NO. The Morgan fingerprint density at radius 3 is 2.53 bits per heavy atom. The van der Waals surface area contributed by atoms with E-state index in [-0.39, 0.29) is 5.56 Å². The minimum Gasteiger partial charge on any atom is -0.495 e. The van der Waals surface area contributed by atoms with Crippen LogP contribution in [0.25, 0.3) is 0 Å². The minimum absolute atomic E-state index is 0.278. The molecule has 0 radical (unpaired) electrons. The molecule has 1 fully saturated rings. The van der Waals surface area contributed by atoms with E-state index in [1.165, 1.54) is 7.11 Å². The predicted octanol–water partition coefficient (Wildman–Crippen LogP) is 3.12. The molecular weight excluding hydrogens is 292 g/mol. The van der Waals surface area contributed by atoms with Crippen LogP contribution in [0.4, 0.5) is 8.78 Å². The van der Waals surface area contributed by atoms with E-state index in [9.17, 15) is 8.78 Å². The molecule has 2 nitrogen and oxygen atoms in total. The molecule has 94 valence electrons. The SMILES string of the molecule is COc1c(Br)cc(F)c(F)c1C1(CN)CCC1. The average Bonchev–Trinajstić information content (AvgIpc) is 2.24. The van der Waals surface area contributed by atoms with Crippen LogP contribution in [0.2, 0.25) is 0 Å². The molecule has 2 rings (SSSR count). The van der Waals surface area contributed by atoms with E-state index in [0.717, 1.165) is 25.3 Å². The van der Waals surface area contributed by atoms with Gasteiger partial charge in [0.25, 0.3) is 0 Å². The van der Waals surface area contributed by atoms with Crippen LogP contribution >= 0.6 is 15.9 Å². The third kappa shape index (κ3) is 1.85. The van der Waals surface area contributed by atoms with Gasteiger partial charge in [-0.25, -0.2) is 8.78 Å². The van der Waals surface area contributed by atoms with Gasteiger partial charge in [0.05, 0.1) is 11.6 Å². The quantitative estimate of drug-likeness (QED) is 0.871. The number of halogens is 3. The van der Waals surface area contributed by atoms with Crippen molar-refractivity contribution in [2.24, 2.45) is 5.73 Å². The van der Waals surface area contributed by atoms with E-state index in [1.807, 2.05) is 0 Å². The number of rotatable bonds is 3. The van der Waals surface area contributed by atoms with Gasteiger partial charge in [-0.1, -0.05) is 6.42 Å². The first kappa shape index (κ1) is 12.8. The molecule has 1 saturated carbocycles. The Balaban J connectivity index is 2.65. The molecule has 1 aliphatic rings. The second-order valence-electron chi connectivity index (χ2n) is 4.40. The molecule has 1 aliphatic carbocycles. The fourth-order valence-corrected chi connectivity index (χ4v) is 2.97. The number of benzene rings is 1. The van der Waals surface area contributed by atoms with Crippen LogP contribution in [0.1, 0.15) is 24.8 Å². The van der Waals surface area contributed by atoms with E-state index in [1.54, 1.807) is 0 Å². The highest BCUT2D eigenvalue weighted by Crippen LogP contribution is 2.49. The van der Waals surface area contributed by atoms with Crippen molar-refractivity contribution in [2.75, 3.05) is 13.7 Å². The molecule has 0 aliphatic heterocycles. The van der Waals surface area contributed by atoms with Gasteiger partial charge in [-0.15, -0.1) is 0 Å². The maximum Gasteiger partial charge on any atom is 0.166 e. The van der Waals surface area contributed by atoms with Crippen LogP contribution in [-0.4, -0.2) is 13.7 Å². The summed E-state index contributed by atoms with van der Waals surface area (Å²) in [7, 11) is 1.45. The highest BCUT2D eigenvalue weighted by atomic mass is 79.9. The summed E-state index contributed by atoms with van der Waals surface area (Å²) in [5.74, 6) is -1.35. The normalized spacial score (nSPS) is 17.7. The second-order valence-corrected chi connectivity index (χ2v) is 5.25. The molecule has 0 bridgehead atoms. The summed E-state index contributed by atoms with van der Waals surface area (Å²) in [4.78, 5) is 0. The Hall–Kier alpha value is -0.680. The molecule has 0 atom stereocenters. The van der Waals surface area contributed by atoms with Gasteiger partial charge in [-0.05, 0) is 34.8 Å². The van der Waals surface area contributed by atoms with Gasteiger partial charge in [0.1, 0.15) is 5.75 Å². The fourth-order valence-electron chi connectivity index (χ4n) is 2.41. The zero-order chi connectivity index (χ0) is 12.6. The van der Waals surface area contributed by atoms with Crippen molar-refractivity contribution in [3.05, 3.63) is 27.7 Å². The largest absolute Gasteiger partial charge is 0.495 e. The van der Waals surface area contributed by atoms with Gasteiger partial charge in [-0.3, -0.25) is 0 Å². The first-order chi connectivity index (χ1) is 8.05. The number of nitrogens with two attached hydrogens (primary N) is 1. The molecule has 2 N–H and O–H groups in total. The molecule has 0 spiro atoms. The Morgan fingerprint density at radius 1 is 1.47 bits per heavy atom. The number of methoxy groups -OCH3 is 1. The van der Waals surface area contributed by atoms with Crippen molar-refractivity contribution >= 4 is 15.9 Å². The summed E-state index contributed by atoms with van der Waals surface area (Å²) >= 11 is 3.19. The molecule has 17 heavy (non-hydrogen) atoms. The Morgan fingerprint density at radius 2 is 2.12 bits per heavy atom. The van der Waals surface area contributed by atoms with Crippen LogP contribution in [0.3, 0.4) is 0 Å². The van der Waals surface area contributed by atoms with Crippen molar-refractivity contribution in [1.29, 1.82) is 0 Å². The number of ether oxygens (including phenoxy) is 1. The molecule has 0 amide bonds. The smallest absolute Gasteiger partial charge is 0.166 e. The van der Waals surface area contributed by atoms with Crippen molar-refractivity contribution in [3.8, 4) is 5.75 Å². The second kappa shape index (κ2) is 4.53. The van der Waals surface area contributed by atoms with Crippen LogP contribution in [0, 0.1) is 11.6 Å². The minimum atomic E-state index is -0.868. The molecule has 1 aromatic carbocycles. The lowest BCUT2D eigenvalue weighted by Crippen LogP contribution is -2.42. The van der Waals surface area contributed by atoms with Crippen molar-refractivity contribution < 1.29 is 13.5 Å². The van der Waals surface area contributed by atoms with E-state index in [0.29, 0.717) is 16.8 Å². The first-order valence-corrected chi connectivity index (χ1v) is 6.27. The zero-order valence-corrected chi connectivity index (χ0v) is 11.1. The van der Waals surface area contributed by atoms with Gasteiger partial charge in [0, 0.05) is 17.5 Å². The fraction of sp³-hybridized carbons (Fsp3) is 0.500. The highest BCUT2D eigenvalue weighted by Gasteiger charge is 2.43. The summed E-state index contributed by atoms with van der Waals surface area (Å²) in [5, 5.41) is 0. The molecule has 0 saturated heterocycles. The van der Waals surface area contributed by atoms with Gasteiger partial charge in [0.2, 0.25) is 0 Å². The summed E-state index contributed by atoms with van der Waals surface area (Å²) in [6, 6.07) is 1.08. The summed E-state index contributed by atoms with van der Waals surface area (Å²) in [6.45, 7) is 0.302. The molecule has 0 heterocycles. The summed E-state index contributed by atoms with van der Waals surface area (Å²) < 4.78 is 33.1. The third-order valence-corrected chi connectivity index (χ3v) is 4.15. The number of hydrogen-bond donors (Lipinski definition) is 1. The van der Waals surface area contributed by atoms with Crippen molar-refractivity contribution in [3.63, 3.8) is 0 Å². The standard InChI is InChI=1S/C12H14BrF2NO/c1-17-11-7(13)5-8(14)10(15)9(11)12(6-16)3-2-4-12/h5H,2-4,6,16H2,1H3. The lowest BCUT2D eigenvalue weighted by molar-refractivity contribution is 0.231. The van der Waals surface area contributed by atoms with Gasteiger partial charge in [-0.2, -0.15) is 0 Å². The van der Waals surface area contributed by atoms with Crippen LogP contribution in [0.5, 0.6) is 5.75 Å². The van der Waals surface area contributed by atoms with Gasteiger partial charge < -0.3 is 10.5 Å². The third-order valence-electron chi connectivity index (χ3n) is 3.56. The lowest BCUT2D eigenvalue weighted by Gasteiger charge is -2.42. The van der Waals surface area contributed by atoms with E-state index in [2.05, 4.69) is 15.9 Å². The monoisotopic (exact) mass is 305 g/mol. The Labute approximate surface area is 107 Å². The number of hydrogen-bond acceptors (Lipinski definition) is 2. The Bertz CT molecular complexity index is 441. The van der Waals surface area contributed by atoms with E-state index >= 15 is 0 Å². The maximum atomic E-state index is 14.0. The van der Waals surface area contributed by atoms with Gasteiger partial charge >= 0.3 is 0 Å². The Kier molecular flexibility index (Phi) is 3.41. The average molecular weight is 306 g/mol. The van der Waals surface area contributed by atoms with Crippen LogP contribution in [-0.2, 0) is 5.41 Å². The van der Waals surface area contributed by atoms with Crippen LogP contribution in [0.15, 0.2) is 10.5 Å². The van der Waals surface area contributed by atoms with Gasteiger partial charge in [0.15, 0.2) is 11.6 Å². The zero-order valence-electron chi connectivity index (χ0n) is 9.53. The van der Waals surface area contributed by atoms with Crippen molar-refractivity contribution in [2.45, 2.75) is 24.7 Å². The summed E-state index contributed by atoms with van der Waals surface area (Å²) in [6.07, 6.45) is 2.52. The topological polar surface area (TPSA) is 35.2 Å². The maximum absolute atomic E-state index is 14.0. The van der Waals surface area contributed by atoms with Crippen LogP contribution < -0.4 is 10.5 Å². The first-order valence-electron chi connectivity index (χ1n) is 5.48. The van der Waals surface area contributed by atoms with E-state index < -0.39 is 17.0 Å². The molecule has 5 heteroatoms.